The lowest BCUT2D eigenvalue weighted by atomic mass is 9.92. The van der Waals surface area contributed by atoms with Crippen molar-refractivity contribution in [2.45, 2.75) is 53.0 Å². The number of carbonyl (C=O) groups excluding carboxylic acids is 2. The highest BCUT2D eigenvalue weighted by molar-refractivity contribution is 6.08. The van der Waals surface area contributed by atoms with Crippen LogP contribution in [0.2, 0.25) is 0 Å². The van der Waals surface area contributed by atoms with Gasteiger partial charge in [0.05, 0.1) is 0 Å². The number of nitrogens with one attached hydrogen (secondary N) is 2. The number of aliphatic carboxylic acids is 1. The molecule has 2 fully saturated rings. The van der Waals surface area contributed by atoms with Crippen molar-refractivity contribution in [3.05, 3.63) is 0 Å². The third-order valence-electron chi connectivity index (χ3n) is 5.91. The molecule has 0 spiro atoms. The number of amides is 2. The third-order valence-corrected chi connectivity index (χ3v) is 5.91. The predicted molar refractivity (Wildman–Crippen MR) is 76.4 cm³/mol. The second kappa shape index (κ2) is 4.71. The molecular formula is C15H24N2O4. The summed E-state index contributed by atoms with van der Waals surface area (Å²) in [6.45, 7) is 7.78. The average molecular weight is 296 g/mol. The number of carbonyl (C=O) groups is 3. The molecule has 1 saturated heterocycles. The van der Waals surface area contributed by atoms with Crippen LogP contribution in [0.1, 0.15) is 47.0 Å². The molecule has 6 heteroatoms. The average Bonchev–Trinajstić information content (AvgIpc) is 2.81. The Hall–Kier alpha value is -1.59. The van der Waals surface area contributed by atoms with E-state index in [-0.39, 0.29) is 11.9 Å². The van der Waals surface area contributed by atoms with E-state index in [1.807, 2.05) is 27.7 Å². The maximum absolute atomic E-state index is 12.7. The molecule has 1 unspecified atom stereocenters. The largest absolute Gasteiger partial charge is 0.480 e. The Morgan fingerprint density at radius 1 is 1.19 bits per heavy atom. The maximum atomic E-state index is 12.7. The van der Waals surface area contributed by atoms with Gasteiger partial charge in [-0.25, -0.2) is 0 Å². The number of rotatable bonds is 3. The van der Waals surface area contributed by atoms with Crippen LogP contribution in [0, 0.1) is 16.2 Å². The van der Waals surface area contributed by atoms with Crippen molar-refractivity contribution in [2.75, 3.05) is 6.54 Å². The third kappa shape index (κ3) is 1.95. The summed E-state index contributed by atoms with van der Waals surface area (Å²) in [7, 11) is 0. The zero-order chi connectivity index (χ0) is 16.1. The van der Waals surface area contributed by atoms with Gasteiger partial charge in [-0.15, -0.1) is 0 Å². The van der Waals surface area contributed by atoms with Crippen LogP contribution in [-0.2, 0) is 14.4 Å². The van der Waals surface area contributed by atoms with Gasteiger partial charge in [-0.2, -0.15) is 0 Å². The molecule has 0 aromatic heterocycles. The van der Waals surface area contributed by atoms with Crippen molar-refractivity contribution in [2.24, 2.45) is 16.2 Å². The molecule has 0 aromatic carbocycles. The molecule has 2 rings (SSSR count). The molecule has 2 amide bonds. The van der Waals surface area contributed by atoms with Gasteiger partial charge in [-0.1, -0.05) is 27.7 Å². The number of carboxylic acids is 1. The van der Waals surface area contributed by atoms with E-state index in [2.05, 4.69) is 10.6 Å². The maximum Gasteiger partial charge on any atom is 0.320 e. The van der Waals surface area contributed by atoms with Crippen LogP contribution in [0.25, 0.3) is 0 Å². The molecule has 0 radical (unpaired) electrons. The minimum atomic E-state index is -1.40. The van der Waals surface area contributed by atoms with Gasteiger partial charge in [0.2, 0.25) is 11.8 Å². The lowest BCUT2D eigenvalue weighted by molar-refractivity contribution is -0.152. The van der Waals surface area contributed by atoms with E-state index < -0.39 is 28.1 Å². The van der Waals surface area contributed by atoms with E-state index in [1.165, 1.54) is 0 Å². The number of hydrogen-bond donors (Lipinski definition) is 3. The van der Waals surface area contributed by atoms with Crippen LogP contribution >= 0.6 is 0 Å². The predicted octanol–water partition coefficient (Wildman–Crippen LogP) is 0.908. The van der Waals surface area contributed by atoms with E-state index >= 15 is 0 Å². The monoisotopic (exact) mass is 296 g/mol. The van der Waals surface area contributed by atoms with Crippen LogP contribution in [0.5, 0.6) is 0 Å². The Morgan fingerprint density at radius 2 is 1.76 bits per heavy atom. The minimum absolute atomic E-state index is 0.0215. The summed E-state index contributed by atoms with van der Waals surface area (Å²) in [6, 6.07) is -0.153. The normalized spacial score (nSPS) is 29.0. The Bertz CT molecular complexity index is 482. The van der Waals surface area contributed by atoms with Gasteiger partial charge >= 0.3 is 5.97 Å². The van der Waals surface area contributed by atoms with Gasteiger partial charge in [0.1, 0.15) is 0 Å². The second-order valence-electron chi connectivity index (χ2n) is 7.15. The first-order valence-corrected chi connectivity index (χ1v) is 7.40. The van der Waals surface area contributed by atoms with Gasteiger partial charge in [-0.05, 0) is 23.7 Å². The Kier molecular flexibility index (Phi) is 3.54. The van der Waals surface area contributed by atoms with Crippen molar-refractivity contribution >= 4 is 17.8 Å². The van der Waals surface area contributed by atoms with Crippen LogP contribution in [0.4, 0.5) is 0 Å². The molecule has 2 aliphatic rings. The van der Waals surface area contributed by atoms with Crippen LogP contribution in [0.3, 0.4) is 0 Å². The quantitative estimate of drug-likeness (QED) is 0.674. The fraction of sp³-hybridized carbons (Fsp3) is 0.800. The molecule has 1 saturated carbocycles. The van der Waals surface area contributed by atoms with E-state index in [1.54, 1.807) is 0 Å². The summed E-state index contributed by atoms with van der Waals surface area (Å²) in [5, 5.41) is 15.3. The summed E-state index contributed by atoms with van der Waals surface area (Å²) >= 11 is 0. The first-order valence-electron chi connectivity index (χ1n) is 7.40. The fourth-order valence-electron chi connectivity index (χ4n) is 3.87. The van der Waals surface area contributed by atoms with E-state index in [9.17, 15) is 19.5 Å². The highest BCUT2D eigenvalue weighted by atomic mass is 16.4. The van der Waals surface area contributed by atoms with Crippen molar-refractivity contribution < 1.29 is 19.5 Å². The molecule has 3 N–H and O–H groups in total. The summed E-state index contributed by atoms with van der Waals surface area (Å²) in [5.41, 5.74) is -2.60. The van der Waals surface area contributed by atoms with Crippen molar-refractivity contribution in [3.8, 4) is 0 Å². The van der Waals surface area contributed by atoms with E-state index in [0.717, 1.165) is 0 Å². The minimum Gasteiger partial charge on any atom is -0.480 e. The van der Waals surface area contributed by atoms with Gasteiger partial charge < -0.3 is 15.7 Å². The highest BCUT2D eigenvalue weighted by Gasteiger charge is 2.85. The zero-order valence-electron chi connectivity index (χ0n) is 13.1. The molecule has 0 bridgehead atoms. The van der Waals surface area contributed by atoms with E-state index in [4.69, 9.17) is 0 Å². The SMILES string of the molecule is CC1(C)C(C)(C)C1(C(=O)O)C(=O)NC1CCNC(=O)CC1. The first kappa shape index (κ1) is 15.8. The molecule has 1 aliphatic heterocycles. The van der Waals surface area contributed by atoms with E-state index in [0.29, 0.717) is 25.8 Å². The smallest absolute Gasteiger partial charge is 0.320 e. The lowest BCUT2D eigenvalue weighted by Crippen LogP contribution is -2.46. The Balaban J connectivity index is 2.16. The standard InChI is InChI=1S/C15H24N2O4/c1-13(2)14(3,4)15(13,12(20)21)11(19)17-9-5-6-10(18)16-8-7-9/h9H,5-8H2,1-4H3,(H,16,18)(H,17,19)(H,20,21). The van der Waals surface area contributed by atoms with Gasteiger partial charge in [-0.3, -0.25) is 14.4 Å². The summed E-state index contributed by atoms with van der Waals surface area (Å²) in [6.07, 6.45) is 1.54. The molecule has 21 heavy (non-hydrogen) atoms. The molecule has 1 atom stereocenters. The second-order valence-corrected chi connectivity index (χ2v) is 7.15. The van der Waals surface area contributed by atoms with Gasteiger partial charge in [0, 0.05) is 19.0 Å². The summed E-state index contributed by atoms with van der Waals surface area (Å²) < 4.78 is 0. The molecule has 1 aliphatic carbocycles. The Morgan fingerprint density at radius 3 is 2.24 bits per heavy atom. The molecule has 1 heterocycles. The summed E-state index contributed by atoms with van der Waals surface area (Å²) in [5.74, 6) is -1.52. The Labute approximate surface area is 124 Å². The molecule has 6 nitrogen and oxygen atoms in total. The first-order chi connectivity index (χ1) is 9.59. The van der Waals surface area contributed by atoms with Crippen LogP contribution in [-0.4, -0.2) is 35.5 Å². The number of hydrogen-bond acceptors (Lipinski definition) is 3. The number of carboxylic acid groups (broad SMARTS) is 1. The highest BCUT2D eigenvalue weighted by Crippen LogP contribution is 2.77. The van der Waals surface area contributed by atoms with Crippen LogP contribution < -0.4 is 10.6 Å². The molecule has 118 valence electrons. The van der Waals surface area contributed by atoms with Crippen molar-refractivity contribution in [1.82, 2.24) is 10.6 Å². The summed E-state index contributed by atoms with van der Waals surface area (Å²) in [4.78, 5) is 35.8. The zero-order valence-corrected chi connectivity index (χ0v) is 13.1. The molecule has 0 aromatic rings. The van der Waals surface area contributed by atoms with Gasteiger partial charge in [0.25, 0.3) is 0 Å². The fourth-order valence-corrected chi connectivity index (χ4v) is 3.87. The van der Waals surface area contributed by atoms with Crippen LogP contribution in [0.15, 0.2) is 0 Å². The van der Waals surface area contributed by atoms with Crippen molar-refractivity contribution in [1.29, 1.82) is 0 Å². The van der Waals surface area contributed by atoms with Crippen molar-refractivity contribution in [3.63, 3.8) is 0 Å². The topological polar surface area (TPSA) is 95.5 Å². The lowest BCUT2D eigenvalue weighted by Gasteiger charge is -2.21. The molecular weight excluding hydrogens is 272 g/mol. The van der Waals surface area contributed by atoms with Gasteiger partial charge in [0.15, 0.2) is 5.41 Å².